The first-order valence-corrected chi connectivity index (χ1v) is 6.73. The second-order valence-electron chi connectivity index (χ2n) is 4.64. The molecule has 0 atom stereocenters. The summed E-state index contributed by atoms with van der Waals surface area (Å²) in [6.45, 7) is 0. The Labute approximate surface area is 103 Å². The Morgan fingerprint density at radius 1 is 1.33 bits per heavy atom. The van der Waals surface area contributed by atoms with Gasteiger partial charge in [-0.1, -0.05) is 12.2 Å². The van der Waals surface area contributed by atoms with Crippen LogP contribution in [-0.4, -0.2) is 9.97 Å². The molecule has 15 heavy (non-hydrogen) atoms. The Kier molecular flexibility index (Phi) is 2.44. The van der Waals surface area contributed by atoms with Gasteiger partial charge in [-0.05, 0) is 47.5 Å². The average molecular weight is 285 g/mol. The normalized spacial score (nSPS) is 20.6. The lowest BCUT2D eigenvalue weighted by Crippen LogP contribution is -2.01. The van der Waals surface area contributed by atoms with Gasteiger partial charge in [-0.15, -0.1) is 0 Å². The van der Waals surface area contributed by atoms with Crippen LogP contribution in [0.5, 0.6) is 0 Å². The summed E-state index contributed by atoms with van der Waals surface area (Å²) < 4.78 is 1.74. The van der Waals surface area contributed by atoms with E-state index in [1.54, 1.807) is 0 Å². The van der Waals surface area contributed by atoms with Crippen molar-refractivity contribution in [1.29, 1.82) is 0 Å². The van der Waals surface area contributed by atoms with Crippen LogP contribution in [0.25, 0.3) is 0 Å². The highest BCUT2D eigenvalue weighted by Gasteiger charge is 2.28. The zero-order valence-corrected chi connectivity index (χ0v) is 10.8. The minimum atomic E-state index is 0.696. The molecule has 2 saturated carbocycles. The summed E-state index contributed by atoms with van der Waals surface area (Å²) in [5.41, 5.74) is 1.28. The summed E-state index contributed by atoms with van der Waals surface area (Å²) in [5.74, 6) is 2.64. The van der Waals surface area contributed by atoms with Gasteiger partial charge in [-0.3, -0.25) is 0 Å². The number of nitrogens with one attached hydrogen (secondary N) is 1. The molecule has 0 spiro atoms. The monoisotopic (exact) mass is 284 g/mol. The van der Waals surface area contributed by atoms with Crippen molar-refractivity contribution in [3.05, 3.63) is 20.6 Å². The lowest BCUT2D eigenvalue weighted by Gasteiger charge is -2.06. The molecule has 4 heteroatoms. The minimum absolute atomic E-state index is 0.696. The fourth-order valence-electron chi connectivity index (χ4n) is 1.87. The van der Waals surface area contributed by atoms with Gasteiger partial charge in [0.05, 0.1) is 4.47 Å². The third kappa shape index (κ3) is 2.16. The average Bonchev–Trinajstić information content (AvgIpc) is 3.01. The molecule has 2 fully saturated rings. The predicted molar refractivity (Wildman–Crippen MR) is 65.5 cm³/mol. The molecule has 0 saturated heterocycles. The van der Waals surface area contributed by atoms with Crippen molar-refractivity contribution in [3.8, 4) is 0 Å². The van der Waals surface area contributed by atoms with Crippen molar-refractivity contribution in [2.45, 2.75) is 38.0 Å². The molecule has 80 valence electrons. The summed E-state index contributed by atoms with van der Waals surface area (Å²) in [5, 5.41) is 0. The predicted octanol–water partition coefficient (Wildman–Crippen LogP) is 3.73. The van der Waals surface area contributed by atoms with Crippen molar-refractivity contribution < 1.29 is 0 Å². The zero-order chi connectivity index (χ0) is 10.4. The number of nitrogens with zero attached hydrogens (tertiary/aromatic N) is 1. The second-order valence-corrected chi connectivity index (χ2v) is 5.82. The highest BCUT2D eigenvalue weighted by molar-refractivity contribution is 9.10. The molecule has 0 radical (unpaired) electrons. The number of aromatic nitrogens is 2. The molecule has 1 N–H and O–H groups in total. The molecule has 0 amide bonds. The topological polar surface area (TPSA) is 28.7 Å². The largest absolute Gasteiger partial charge is 0.346 e. The first-order chi connectivity index (χ1) is 7.24. The van der Waals surface area contributed by atoms with Crippen molar-refractivity contribution >= 4 is 28.1 Å². The van der Waals surface area contributed by atoms with Gasteiger partial charge >= 0.3 is 0 Å². The van der Waals surface area contributed by atoms with E-state index in [-0.39, 0.29) is 0 Å². The molecule has 2 nitrogen and oxygen atoms in total. The molecule has 0 aromatic carbocycles. The van der Waals surface area contributed by atoms with E-state index >= 15 is 0 Å². The Hall–Kier alpha value is -0.220. The van der Waals surface area contributed by atoms with Crippen LogP contribution >= 0.6 is 28.1 Å². The van der Waals surface area contributed by atoms with E-state index in [1.165, 1.54) is 31.4 Å². The molecule has 2 aliphatic rings. The molecule has 1 heterocycles. The van der Waals surface area contributed by atoms with Crippen LogP contribution in [0.4, 0.5) is 0 Å². The summed E-state index contributed by atoms with van der Waals surface area (Å²) in [4.78, 5) is 7.90. The number of aromatic amines is 1. The molecule has 2 aliphatic carbocycles. The van der Waals surface area contributed by atoms with Crippen molar-refractivity contribution in [3.63, 3.8) is 0 Å². The lowest BCUT2D eigenvalue weighted by atomic mass is 10.2. The van der Waals surface area contributed by atoms with Gasteiger partial charge in [-0.2, -0.15) is 0 Å². The molecule has 0 bridgehead atoms. The van der Waals surface area contributed by atoms with E-state index in [9.17, 15) is 0 Å². The number of halogens is 1. The number of hydrogen-bond donors (Lipinski definition) is 1. The van der Waals surface area contributed by atoms with Crippen LogP contribution in [0, 0.1) is 10.6 Å². The number of H-pyrrole nitrogens is 1. The third-order valence-electron chi connectivity index (χ3n) is 3.10. The van der Waals surface area contributed by atoms with Gasteiger partial charge in [-0.25, -0.2) is 4.98 Å². The van der Waals surface area contributed by atoms with E-state index < -0.39 is 0 Å². The molecular weight excluding hydrogens is 272 g/mol. The van der Waals surface area contributed by atoms with Gasteiger partial charge in [0.1, 0.15) is 10.5 Å². The van der Waals surface area contributed by atoms with E-state index in [0.717, 1.165) is 27.3 Å². The van der Waals surface area contributed by atoms with Crippen LogP contribution in [-0.2, 0) is 6.42 Å². The van der Waals surface area contributed by atoms with E-state index in [0.29, 0.717) is 5.92 Å². The van der Waals surface area contributed by atoms with Gasteiger partial charge in [0, 0.05) is 18.0 Å². The Morgan fingerprint density at radius 3 is 2.67 bits per heavy atom. The molecule has 3 rings (SSSR count). The van der Waals surface area contributed by atoms with Gasteiger partial charge < -0.3 is 4.98 Å². The van der Waals surface area contributed by atoms with Crippen LogP contribution in [0.15, 0.2) is 4.47 Å². The van der Waals surface area contributed by atoms with Gasteiger partial charge in [0.2, 0.25) is 0 Å². The quantitative estimate of drug-likeness (QED) is 0.857. The van der Waals surface area contributed by atoms with Crippen molar-refractivity contribution in [2.24, 2.45) is 5.92 Å². The van der Waals surface area contributed by atoms with Crippen LogP contribution in [0.1, 0.15) is 43.1 Å². The fourth-order valence-corrected chi connectivity index (χ4v) is 2.60. The van der Waals surface area contributed by atoms with Gasteiger partial charge in [0.25, 0.3) is 0 Å². The maximum atomic E-state index is 5.27. The second kappa shape index (κ2) is 3.67. The Balaban J connectivity index is 1.96. The number of rotatable bonds is 3. The van der Waals surface area contributed by atoms with Crippen LogP contribution < -0.4 is 0 Å². The Morgan fingerprint density at radius 2 is 2.07 bits per heavy atom. The summed E-state index contributed by atoms with van der Waals surface area (Å²) in [6, 6.07) is 0. The maximum absolute atomic E-state index is 5.27. The van der Waals surface area contributed by atoms with E-state index in [2.05, 4.69) is 25.9 Å². The maximum Gasteiger partial charge on any atom is 0.144 e. The standard InChI is InChI=1S/C11H13BrN2S/c12-9-10(7-3-4-7)13-8(14-11(9)15)5-6-1-2-6/h6-7H,1-5H2,(H,13,14,15). The molecule has 1 aromatic rings. The fraction of sp³-hybridized carbons (Fsp3) is 0.636. The number of hydrogen-bond acceptors (Lipinski definition) is 2. The lowest BCUT2D eigenvalue weighted by molar-refractivity contribution is 0.751. The highest BCUT2D eigenvalue weighted by atomic mass is 79.9. The minimum Gasteiger partial charge on any atom is -0.346 e. The SMILES string of the molecule is S=c1nc(CC2CC2)[nH]c(C2CC2)c1Br. The van der Waals surface area contributed by atoms with Crippen LogP contribution in [0.2, 0.25) is 0 Å². The molecule has 0 unspecified atom stereocenters. The first kappa shape index (κ1) is 9.97. The highest BCUT2D eigenvalue weighted by Crippen LogP contribution is 2.42. The summed E-state index contributed by atoms with van der Waals surface area (Å²) in [6.07, 6.45) is 6.37. The molecular formula is C11H13BrN2S. The summed E-state index contributed by atoms with van der Waals surface area (Å²) in [7, 11) is 0. The van der Waals surface area contributed by atoms with E-state index in [1.807, 2.05) is 0 Å². The van der Waals surface area contributed by atoms with Crippen molar-refractivity contribution in [1.82, 2.24) is 9.97 Å². The Bertz CT molecular complexity index is 446. The molecule has 1 aromatic heterocycles. The molecule has 0 aliphatic heterocycles. The van der Waals surface area contributed by atoms with Crippen molar-refractivity contribution in [2.75, 3.05) is 0 Å². The van der Waals surface area contributed by atoms with E-state index in [4.69, 9.17) is 12.2 Å². The smallest absolute Gasteiger partial charge is 0.144 e. The first-order valence-electron chi connectivity index (χ1n) is 5.52. The van der Waals surface area contributed by atoms with Gasteiger partial charge in [0.15, 0.2) is 0 Å². The zero-order valence-electron chi connectivity index (χ0n) is 8.42. The third-order valence-corrected chi connectivity index (χ3v) is 4.46. The van der Waals surface area contributed by atoms with Crippen LogP contribution in [0.3, 0.4) is 0 Å². The summed E-state index contributed by atoms with van der Waals surface area (Å²) >= 11 is 8.81.